The van der Waals surface area contributed by atoms with Crippen LogP contribution in [0.15, 0.2) is 18.5 Å². The van der Waals surface area contributed by atoms with E-state index >= 15 is 0 Å². The van der Waals surface area contributed by atoms with Crippen LogP contribution in [0.5, 0.6) is 0 Å². The predicted molar refractivity (Wildman–Crippen MR) is 50.1 cm³/mol. The van der Waals surface area contributed by atoms with Gasteiger partial charge in [0, 0.05) is 25.5 Å². The van der Waals surface area contributed by atoms with E-state index in [0.717, 1.165) is 6.04 Å². The van der Waals surface area contributed by atoms with Gasteiger partial charge in [0.25, 0.3) is 0 Å². The van der Waals surface area contributed by atoms with Crippen LogP contribution in [0.4, 0.5) is 0 Å². The molecule has 1 unspecified atom stereocenters. The van der Waals surface area contributed by atoms with Crippen molar-refractivity contribution in [2.24, 2.45) is 7.05 Å². The van der Waals surface area contributed by atoms with Crippen molar-refractivity contribution in [1.29, 1.82) is 0 Å². The fraction of sp³-hybridized carbons (Fsp3) is 0.600. The molecule has 1 fully saturated rings. The molecule has 0 aromatic carbocycles. The maximum Gasteiger partial charge on any atom is 0.0108 e. The average molecular weight is 164 g/mol. The molecule has 2 heteroatoms. The lowest BCUT2D eigenvalue weighted by Gasteiger charge is -2.07. The molecule has 2 rings (SSSR count). The molecule has 1 aromatic heterocycles. The van der Waals surface area contributed by atoms with Crippen LogP contribution in [-0.2, 0) is 13.5 Å². The molecule has 1 N–H and O–H groups in total. The Hall–Kier alpha value is -0.760. The van der Waals surface area contributed by atoms with E-state index in [1.165, 1.54) is 31.4 Å². The van der Waals surface area contributed by atoms with E-state index in [2.05, 4.69) is 35.4 Å². The summed E-state index contributed by atoms with van der Waals surface area (Å²) in [5.41, 5.74) is 1.46. The van der Waals surface area contributed by atoms with Crippen molar-refractivity contribution in [3.8, 4) is 0 Å². The number of rotatable bonds is 2. The first kappa shape index (κ1) is 7.87. The van der Waals surface area contributed by atoms with Gasteiger partial charge in [-0.15, -0.1) is 0 Å². The molecular formula is C10H16N2. The molecule has 0 bridgehead atoms. The number of aryl methyl sites for hydroxylation is 1. The zero-order chi connectivity index (χ0) is 8.39. The Morgan fingerprint density at radius 1 is 1.67 bits per heavy atom. The van der Waals surface area contributed by atoms with Gasteiger partial charge in [-0.25, -0.2) is 0 Å². The largest absolute Gasteiger partial charge is 0.357 e. The molecule has 12 heavy (non-hydrogen) atoms. The molecule has 1 aliphatic heterocycles. The fourth-order valence-electron chi connectivity index (χ4n) is 1.90. The van der Waals surface area contributed by atoms with Crippen LogP contribution in [0, 0.1) is 0 Å². The smallest absolute Gasteiger partial charge is 0.0108 e. The van der Waals surface area contributed by atoms with Gasteiger partial charge in [0.15, 0.2) is 0 Å². The van der Waals surface area contributed by atoms with E-state index in [0.29, 0.717) is 0 Å². The third kappa shape index (κ3) is 1.69. The van der Waals surface area contributed by atoms with Gasteiger partial charge >= 0.3 is 0 Å². The third-order valence-corrected chi connectivity index (χ3v) is 2.54. The summed E-state index contributed by atoms with van der Waals surface area (Å²) in [5, 5.41) is 3.51. The minimum Gasteiger partial charge on any atom is -0.357 e. The Balaban J connectivity index is 1.94. The molecule has 66 valence electrons. The zero-order valence-electron chi connectivity index (χ0n) is 7.59. The summed E-state index contributed by atoms with van der Waals surface area (Å²) in [7, 11) is 2.07. The van der Waals surface area contributed by atoms with Crippen LogP contribution in [0.1, 0.15) is 18.4 Å². The van der Waals surface area contributed by atoms with Crippen LogP contribution in [0.3, 0.4) is 0 Å². The van der Waals surface area contributed by atoms with Gasteiger partial charge in [-0.3, -0.25) is 0 Å². The summed E-state index contributed by atoms with van der Waals surface area (Å²) < 4.78 is 2.12. The molecule has 1 saturated heterocycles. The van der Waals surface area contributed by atoms with Crippen LogP contribution < -0.4 is 5.32 Å². The van der Waals surface area contributed by atoms with Crippen molar-refractivity contribution in [1.82, 2.24) is 9.88 Å². The van der Waals surface area contributed by atoms with Crippen molar-refractivity contribution in [3.05, 3.63) is 24.0 Å². The third-order valence-electron chi connectivity index (χ3n) is 2.54. The normalized spacial score (nSPS) is 23.2. The summed E-state index contributed by atoms with van der Waals surface area (Å²) >= 11 is 0. The first-order valence-corrected chi connectivity index (χ1v) is 4.69. The second kappa shape index (κ2) is 3.31. The molecule has 1 aromatic rings. The van der Waals surface area contributed by atoms with Crippen LogP contribution >= 0.6 is 0 Å². The first-order chi connectivity index (χ1) is 5.84. The monoisotopic (exact) mass is 164 g/mol. The van der Waals surface area contributed by atoms with E-state index in [1.807, 2.05) is 0 Å². The lowest BCUT2D eigenvalue weighted by atomic mass is 10.1. The summed E-state index contributed by atoms with van der Waals surface area (Å²) in [6.45, 7) is 1.21. The average Bonchev–Trinajstić information content (AvgIpc) is 2.63. The Labute approximate surface area is 73.6 Å². The SMILES string of the molecule is Cn1ccc(CC2CCCN2)c1. The lowest BCUT2D eigenvalue weighted by Crippen LogP contribution is -2.23. The van der Waals surface area contributed by atoms with Crippen molar-refractivity contribution in [3.63, 3.8) is 0 Å². The highest BCUT2D eigenvalue weighted by Gasteiger charge is 2.14. The van der Waals surface area contributed by atoms with Crippen molar-refractivity contribution < 1.29 is 0 Å². The Morgan fingerprint density at radius 3 is 3.17 bits per heavy atom. The first-order valence-electron chi connectivity index (χ1n) is 4.69. The summed E-state index contributed by atoms with van der Waals surface area (Å²) in [5.74, 6) is 0. The standard InChI is InChI=1S/C10H16N2/c1-12-6-4-9(8-12)7-10-3-2-5-11-10/h4,6,8,10-11H,2-3,5,7H2,1H3. The summed E-state index contributed by atoms with van der Waals surface area (Å²) in [4.78, 5) is 0. The molecule has 1 aliphatic rings. The maximum atomic E-state index is 3.51. The molecule has 1 atom stereocenters. The Kier molecular flexibility index (Phi) is 2.17. The highest BCUT2D eigenvalue weighted by atomic mass is 14.9. The predicted octanol–water partition coefficient (Wildman–Crippen LogP) is 1.32. The summed E-state index contributed by atoms with van der Waals surface area (Å²) in [6.07, 6.45) is 8.21. The molecule has 0 saturated carbocycles. The number of aromatic nitrogens is 1. The van der Waals surface area contributed by atoms with Crippen molar-refractivity contribution in [2.45, 2.75) is 25.3 Å². The number of nitrogens with zero attached hydrogens (tertiary/aromatic N) is 1. The van der Waals surface area contributed by atoms with Gasteiger partial charge in [-0.2, -0.15) is 0 Å². The highest BCUT2D eigenvalue weighted by Crippen LogP contribution is 2.11. The van der Waals surface area contributed by atoms with Gasteiger partial charge in [0.1, 0.15) is 0 Å². The van der Waals surface area contributed by atoms with E-state index < -0.39 is 0 Å². The molecule has 0 amide bonds. The maximum absolute atomic E-state index is 3.51. The van der Waals surface area contributed by atoms with Crippen LogP contribution in [-0.4, -0.2) is 17.2 Å². The summed E-state index contributed by atoms with van der Waals surface area (Å²) in [6, 6.07) is 2.94. The van der Waals surface area contributed by atoms with Crippen molar-refractivity contribution >= 4 is 0 Å². The minimum atomic E-state index is 0.729. The van der Waals surface area contributed by atoms with Gasteiger partial charge < -0.3 is 9.88 Å². The van der Waals surface area contributed by atoms with E-state index in [-0.39, 0.29) is 0 Å². The van der Waals surface area contributed by atoms with E-state index in [9.17, 15) is 0 Å². The topological polar surface area (TPSA) is 17.0 Å². The van der Waals surface area contributed by atoms with E-state index in [1.54, 1.807) is 0 Å². The molecule has 0 spiro atoms. The van der Waals surface area contributed by atoms with Gasteiger partial charge in [0.05, 0.1) is 0 Å². The number of hydrogen-bond acceptors (Lipinski definition) is 1. The Bertz CT molecular complexity index is 246. The molecule has 2 nitrogen and oxygen atoms in total. The minimum absolute atomic E-state index is 0.729. The molecular weight excluding hydrogens is 148 g/mol. The number of hydrogen-bond donors (Lipinski definition) is 1. The van der Waals surface area contributed by atoms with Crippen LogP contribution in [0.2, 0.25) is 0 Å². The highest BCUT2D eigenvalue weighted by molar-refractivity contribution is 5.11. The van der Waals surface area contributed by atoms with Gasteiger partial charge in [-0.1, -0.05) is 0 Å². The molecule has 0 aliphatic carbocycles. The zero-order valence-corrected chi connectivity index (χ0v) is 7.59. The number of nitrogens with one attached hydrogen (secondary N) is 1. The second-order valence-corrected chi connectivity index (χ2v) is 3.68. The van der Waals surface area contributed by atoms with E-state index in [4.69, 9.17) is 0 Å². The van der Waals surface area contributed by atoms with Gasteiger partial charge in [0.2, 0.25) is 0 Å². The second-order valence-electron chi connectivity index (χ2n) is 3.68. The van der Waals surface area contributed by atoms with Gasteiger partial charge in [-0.05, 0) is 37.4 Å². The fourth-order valence-corrected chi connectivity index (χ4v) is 1.90. The Morgan fingerprint density at radius 2 is 2.58 bits per heavy atom. The quantitative estimate of drug-likeness (QED) is 0.697. The lowest BCUT2D eigenvalue weighted by molar-refractivity contribution is 0.602. The molecule has 2 heterocycles. The van der Waals surface area contributed by atoms with Crippen LogP contribution in [0.25, 0.3) is 0 Å². The van der Waals surface area contributed by atoms with Crippen molar-refractivity contribution in [2.75, 3.05) is 6.54 Å². The molecule has 0 radical (unpaired) electrons.